The minimum atomic E-state index is 0.659. The topological polar surface area (TPSA) is 39.7 Å². The molecule has 0 atom stereocenters. The molecule has 0 aliphatic heterocycles. The van der Waals surface area contributed by atoms with Crippen molar-refractivity contribution in [3.63, 3.8) is 0 Å². The average Bonchev–Trinajstić information content (AvgIpc) is 2.43. The number of halogens is 1. The molecule has 1 aliphatic rings. The van der Waals surface area contributed by atoms with Gasteiger partial charge in [-0.3, -0.25) is 0 Å². The van der Waals surface area contributed by atoms with E-state index in [0.717, 1.165) is 24.5 Å². The summed E-state index contributed by atoms with van der Waals surface area (Å²) in [6.07, 6.45) is 3.84. The van der Waals surface area contributed by atoms with Crippen molar-refractivity contribution in [1.82, 2.24) is 5.32 Å². The molecule has 0 bridgehead atoms. The summed E-state index contributed by atoms with van der Waals surface area (Å²) in [4.78, 5) is 0. The third kappa shape index (κ3) is 4.77. The Bertz CT molecular complexity index is 449. The number of hydrogen-bond acceptors (Lipinski definition) is 4. The third-order valence-corrected chi connectivity index (χ3v) is 4.02. The standard InChI is InChI=1S/C16H24ClNO3/c1-19-7-6-18-10-13-8-14(17)9-15(20-2)16(13)21-11-12-4-3-5-12/h8-9,12,18H,3-7,10-11H2,1-2H3. The highest BCUT2D eigenvalue weighted by Crippen LogP contribution is 2.36. The molecule has 0 unspecified atom stereocenters. The van der Waals surface area contributed by atoms with Crippen LogP contribution in [0.25, 0.3) is 0 Å². The van der Waals surface area contributed by atoms with Gasteiger partial charge in [-0.05, 0) is 24.8 Å². The van der Waals surface area contributed by atoms with E-state index in [1.54, 1.807) is 20.3 Å². The van der Waals surface area contributed by atoms with Crippen molar-refractivity contribution in [2.24, 2.45) is 5.92 Å². The van der Waals surface area contributed by atoms with E-state index in [1.807, 2.05) is 6.07 Å². The Morgan fingerprint density at radius 2 is 2.10 bits per heavy atom. The third-order valence-electron chi connectivity index (χ3n) is 3.80. The Hall–Kier alpha value is -0.970. The van der Waals surface area contributed by atoms with Crippen molar-refractivity contribution in [2.75, 3.05) is 34.0 Å². The Kier molecular flexibility index (Phi) is 6.61. The van der Waals surface area contributed by atoms with E-state index in [-0.39, 0.29) is 0 Å². The van der Waals surface area contributed by atoms with Crippen molar-refractivity contribution >= 4 is 11.6 Å². The van der Waals surface area contributed by atoms with E-state index >= 15 is 0 Å². The van der Waals surface area contributed by atoms with E-state index < -0.39 is 0 Å². The zero-order valence-electron chi connectivity index (χ0n) is 12.8. The molecule has 21 heavy (non-hydrogen) atoms. The molecule has 0 aromatic heterocycles. The summed E-state index contributed by atoms with van der Waals surface area (Å²) in [5.41, 5.74) is 1.02. The van der Waals surface area contributed by atoms with E-state index in [2.05, 4.69) is 5.32 Å². The first kappa shape index (κ1) is 16.4. The van der Waals surface area contributed by atoms with Gasteiger partial charge in [0.15, 0.2) is 11.5 Å². The highest BCUT2D eigenvalue weighted by atomic mass is 35.5. The summed E-state index contributed by atoms with van der Waals surface area (Å²) in [5.74, 6) is 2.18. The van der Waals surface area contributed by atoms with Crippen LogP contribution in [-0.2, 0) is 11.3 Å². The van der Waals surface area contributed by atoms with Crippen LogP contribution < -0.4 is 14.8 Å². The van der Waals surface area contributed by atoms with Crippen LogP contribution in [0.5, 0.6) is 11.5 Å². The Morgan fingerprint density at radius 1 is 1.29 bits per heavy atom. The summed E-state index contributed by atoms with van der Waals surface area (Å²) >= 11 is 6.15. The molecule has 1 aliphatic carbocycles. The highest BCUT2D eigenvalue weighted by Gasteiger charge is 2.20. The molecule has 4 nitrogen and oxygen atoms in total. The molecule has 1 aromatic rings. The van der Waals surface area contributed by atoms with Gasteiger partial charge in [0.05, 0.1) is 20.3 Å². The molecule has 1 aromatic carbocycles. The van der Waals surface area contributed by atoms with Crippen molar-refractivity contribution in [3.05, 3.63) is 22.7 Å². The van der Waals surface area contributed by atoms with Crippen LogP contribution in [-0.4, -0.2) is 34.0 Å². The van der Waals surface area contributed by atoms with Gasteiger partial charge >= 0.3 is 0 Å². The van der Waals surface area contributed by atoms with Gasteiger partial charge in [0.1, 0.15) is 0 Å². The second kappa shape index (κ2) is 8.47. The van der Waals surface area contributed by atoms with Gasteiger partial charge in [0.2, 0.25) is 0 Å². The van der Waals surface area contributed by atoms with Crippen LogP contribution in [0.3, 0.4) is 0 Å². The van der Waals surface area contributed by atoms with Gasteiger partial charge in [-0.25, -0.2) is 0 Å². The van der Waals surface area contributed by atoms with Crippen molar-refractivity contribution in [3.8, 4) is 11.5 Å². The van der Waals surface area contributed by atoms with Crippen LogP contribution in [0.2, 0.25) is 5.02 Å². The van der Waals surface area contributed by atoms with Gasteiger partial charge in [-0.1, -0.05) is 18.0 Å². The number of nitrogens with one attached hydrogen (secondary N) is 1. The lowest BCUT2D eigenvalue weighted by Crippen LogP contribution is -2.22. The second-order valence-corrected chi connectivity index (χ2v) is 5.81. The minimum Gasteiger partial charge on any atom is -0.493 e. The lowest BCUT2D eigenvalue weighted by molar-refractivity contribution is 0.174. The minimum absolute atomic E-state index is 0.659. The quantitative estimate of drug-likeness (QED) is 0.710. The average molecular weight is 314 g/mol. The number of hydrogen-bond donors (Lipinski definition) is 1. The molecule has 0 spiro atoms. The van der Waals surface area contributed by atoms with Crippen LogP contribution in [0.4, 0.5) is 0 Å². The zero-order chi connectivity index (χ0) is 15.1. The van der Waals surface area contributed by atoms with Gasteiger partial charge in [0, 0.05) is 36.9 Å². The fraction of sp³-hybridized carbons (Fsp3) is 0.625. The predicted octanol–water partition coefficient (Wildman–Crippen LogP) is 3.26. The molecule has 1 saturated carbocycles. The van der Waals surface area contributed by atoms with Crippen LogP contribution >= 0.6 is 11.6 Å². The largest absolute Gasteiger partial charge is 0.493 e. The van der Waals surface area contributed by atoms with Crippen LogP contribution in [0.1, 0.15) is 24.8 Å². The molecular formula is C16H24ClNO3. The monoisotopic (exact) mass is 313 g/mol. The summed E-state index contributed by atoms with van der Waals surface area (Å²) in [7, 11) is 3.33. The molecule has 2 rings (SSSR count). The maximum Gasteiger partial charge on any atom is 0.165 e. The molecule has 0 radical (unpaired) electrons. The maximum atomic E-state index is 6.15. The Balaban J connectivity index is 2.04. The van der Waals surface area contributed by atoms with Crippen LogP contribution in [0, 0.1) is 5.92 Å². The number of methoxy groups -OCH3 is 2. The Labute approximate surface area is 131 Å². The summed E-state index contributed by atoms with van der Waals surface area (Å²) in [6.45, 7) is 2.90. The van der Waals surface area contributed by atoms with Crippen molar-refractivity contribution in [1.29, 1.82) is 0 Å². The summed E-state index contributed by atoms with van der Waals surface area (Å²) in [5, 5.41) is 3.98. The van der Waals surface area contributed by atoms with E-state index in [0.29, 0.717) is 29.8 Å². The van der Waals surface area contributed by atoms with E-state index in [1.165, 1.54) is 19.3 Å². The SMILES string of the molecule is COCCNCc1cc(Cl)cc(OC)c1OCC1CCC1. The highest BCUT2D eigenvalue weighted by molar-refractivity contribution is 6.30. The lowest BCUT2D eigenvalue weighted by Gasteiger charge is -2.26. The molecule has 0 saturated heterocycles. The number of benzene rings is 1. The summed E-state index contributed by atoms with van der Waals surface area (Å²) < 4.78 is 16.5. The number of ether oxygens (including phenoxy) is 3. The summed E-state index contributed by atoms with van der Waals surface area (Å²) in [6, 6.07) is 3.73. The predicted molar refractivity (Wildman–Crippen MR) is 84.4 cm³/mol. The number of rotatable bonds is 9. The normalized spacial score (nSPS) is 14.8. The fourth-order valence-electron chi connectivity index (χ4n) is 2.33. The maximum absolute atomic E-state index is 6.15. The second-order valence-electron chi connectivity index (χ2n) is 5.37. The molecule has 0 amide bonds. The van der Waals surface area contributed by atoms with Crippen molar-refractivity contribution < 1.29 is 14.2 Å². The fourth-order valence-corrected chi connectivity index (χ4v) is 2.56. The molecule has 1 fully saturated rings. The first-order chi connectivity index (χ1) is 10.2. The molecule has 0 heterocycles. The first-order valence-electron chi connectivity index (χ1n) is 7.43. The van der Waals surface area contributed by atoms with Gasteiger partial charge in [-0.15, -0.1) is 0 Å². The van der Waals surface area contributed by atoms with Crippen LogP contribution in [0.15, 0.2) is 12.1 Å². The van der Waals surface area contributed by atoms with Gasteiger partial charge in [0.25, 0.3) is 0 Å². The molecular weight excluding hydrogens is 290 g/mol. The van der Waals surface area contributed by atoms with Gasteiger partial charge < -0.3 is 19.5 Å². The first-order valence-corrected chi connectivity index (χ1v) is 7.81. The molecule has 1 N–H and O–H groups in total. The van der Waals surface area contributed by atoms with Crippen molar-refractivity contribution in [2.45, 2.75) is 25.8 Å². The van der Waals surface area contributed by atoms with E-state index in [9.17, 15) is 0 Å². The molecule has 5 heteroatoms. The van der Waals surface area contributed by atoms with Gasteiger partial charge in [-0.2, -0.15) is 0 Å². The van der Waals surface area contributed by atoms with E-state index in [4.69, 9.17) is 25.8 Å². The Morgan fingerprint density at radius 3 is 2.71 bits per heavy atom. The smallest absolute Gasteiger partial charge is 0.165 e. The molecule has 118 valence electrons. The lowest BCUT2D eigenvalue weighted by atomic mass is 9.86. The zero-order valence-corrected chi connectivity index (χ0v) is 13.5.